The van der Waals surface area contributed by atoms with Gasteiger partial charge in [0.25, 0.3) is 5.69 Å². The third-order valence-corrected chi connectivity index (χ3v) is 3.15. The van der Waals surface area contributed by atoms with E-state index in [4.69, 9.17) is 5.11 Å². The Morgan fingerprint density at radius 3 is 2.40 bits per heavy atom. The lowest BCUT2D eigenvalue weighted by Gasteiger charge is -2.14. The molecule has 1 aliphatic carbocycles. The number of aliphatic carboxylic acids is 1. The van der Waals surface area contributed by atoms with Gasteiger partial charge < -0.3 is 10.4 Å². The standard InChI is InChI=1S/C13H14N2O5/c16-12(9-3-4-9)14-11(13(17)18)7-8-1-5-10(6-2-8)15(19)20/h1-2,5-6,9,11H,3-4,7H2,(H,14,16)(H,17,18)/t11-/m0/s1. The molecule has 2 rings (SSSR count). The van der Waals surface area contributed by atoms with E-state index in [9.17, 15) is 19.7 Å². The van der Waals surface area contributed by atoms with Crippen LogP contribution in [0.25, 0.3) is 0 Å². The maximum atomic E-state index is 11.6. The van der Waals surface area contributed by atoms with Gasteiger partial charge in [-0.3, -0.25) is 14.9 Å². The lowest BCUT2D eigenvalue weighted by Crippen LogP contribution is -2.43. The summed E-state index contributed by atoms with van der Waals surface area (Å²) in [5, 5.41) is 22.1. The van der Waals surface area contributed by atoms with Crippen LogP contribution >= 0.6 is 0 Å². The van der Waals surface area contributed by atoms with Crippen LogP contribution in [0.3, 0.4) is 0 Å². The summed E-state index contributed by atoms with van der Waals surface area (Å²) in [6.07, 6.45) is 1.71. The quantitative estimate of drug-likeness (QED) is 0.598. The molecule has 7 heteroatoms. The first-order valence-corrected chi connectivity index (χ1v) is 6.24. The molecule has 0 spiro atoms. The van der Waals surface area contributed by atoms with Crippen LogP contribution in [0.2, 0.25) is 0 Å². The number of rotatable bonds is 6. The minimum atomic E-state index is -1.11. The number of hydrogen-bond acceptors (Lipinski definition) is 4. The molecular weight excluding hydrogens is 264 g/mol. The minimum Gasteiger partial charge on any atom is -0.480 e. The summed E-state index contributed by atoms with van der Waals surface area (Å²) in [6.45, 7) is 0. The van der Waals surface area contributed by atoms with Crippen molar-refractivity contribution in [2.75, 3.05) is 0 Å². The molecule has 1 aromatic carbocycles. The monoisotopic (exact) mass is 278 g/mol. The zero-order valence-corrected chi connectivity index (χ0v) is 10.6. The number of hydrogen-bond donors (Lipinski definition) is 2. The van der Waals surface area contributed by atoms with Crippen molar-refractivity contribution >= 4 is 17.6 Å². The number of carbonyl (C=O) groups is 2. The molecular formula is C13H14N2O5. The zero-order chi connectivity index (χ0) is 14.7. The average Bonchev–Trinajstić information content (AvgIpc) is 3.22. The van der Waals surface area contributed by atoms with E-state index in [-0.39, 0.29) is 23.9 Å². The van der Waals surface area contributed by atoms with E-state index < -0.39 is 16.9 Å². The van der Waals surface area contributed by atoms with Gasteiger partial charge in [-0.05, 0) is 18.4 Å². The minimum absolute atomic E-state index is 0.0531. The van der Waals surface area contributed by atoms with E-state index in [1.165, 1.54) is 24.3 Å². The number of benzene rings is 1. The summed E-state index contributed by atoms with van der Waals surface area (Å²) >= 11 is 0. The molecule has 0 unspecified atom stereocenters. The number of carbonyl (C=O) groups excluding carboxylic acids is 1. The molecule has 1 aliphatic rings. The highest BCUT2D eigenvalue weighted by atomic mass is 16.6. The van der Waals surface area contributed by atoms with Crippen molar-refractivity contribution in [2.24, 2.45) is 5.92 Å². The molecule has 1 fully saturated rings. The van der Waals surface area contributed by atoms with Crippen molar-refractivity contribution in [1.29, 1.82) is 0 Å². The van der Waals surface area contributed by atoms with Gasteiger partial charge in [0.1, 0.15) is 6.04 Å². The molecule has 1 amide bonds. The second-order valence-electron chi connectivity index (χ2n) is 4.80. The van der Waals surface area contributed by atoms with Crippen molar-refractivity contribution in [3.8, 4) is 0 Å². The topological polar surface area (TPSA) is 110 Å². The van der Waals surface area contributed by atoms with Crippen LogP contribution in [-0.2, 0) is 16.0 Å². The van der Waals surface area contributed by atoms with E-state index in [1.54, 1.807) is 0 Å². The van der Waals surface area contributed by atoms with Gasteiger partial charge in [0.05, 0.1) is 4.92 Å². The second kappa shape index (κ2) is 5.68. The molecule has 1 aromatic rings. The summed E-state index contributed by atoms with van der Waals surface area (Å²) in [7, 11) is 0. The maximum absolute atomic E-state index is 11.6. The van der Waals surface area contributed by atoms with Crippen LogP contribution in [0.1, 0.15) is 18.4 Å². The number of nitro groups is 1. The van der Waals surface area contributed by atoms with Crippen LogP contribution in [0.15, 0.2) is 24.3 Å². The summed E-state index contributed by atoms with van der Waals surface area (Å²) in [6, 6.07) is 4.62. The highest BCUT2D eigenvalue weighted by Gasteiger charge is 2.32. The van der Waals surface area contributed by atoms with E-state index in [2.05, 4.69) is 5.32 Å². The number of nitro benzene ring substituents is 1. The predicted octanol–water partition coefficient (Wildman–Crippen LogP) is 1.12. The largest absolute Gasteiger partial charge is 0.480 e. The van der Waals surface area contributed by atoms with Gasteiger partial charge in [-0.15, -0.1) is 0 Å². The summed E-state index contributed by atoms with van der Waals surface area (Å²) < 4.78 is 0. The van der Waals surface area contributed by atoms with Crippen LogP contribution in [0.5, 0.6) is 0 Å². The lowest BCUT2D eigenvalue weighted by atomic mass is 10.1. The van der Waals surface area contributed by atoms with Gasteiger partial charge >= 0.3 is 5.97 Å². The fourth-order valence-electron chi connectivity index (χ4n) is 1.82. The van der Waals surface area contributed by atoms with Gasteiger partial charge in [0.2, 0.25) is 5.91 Å². The number of nitrogens with zero attached hydrogens (tertiary/aromatic N) is 1. The fourth-order valence-corrected chi connectivity index (χ4v) is 1.82. The molecule has 2 N–H and O–H groups in total. The second-order valence-corrected chi connectivity index (χ2v) is 4.80. The lowest BCUT2D eigenvalue weighted by molar-refractivity contribution is -0.384. The SMILES string of the molecule is O=C(N[C@@H](Cc1ccc([N+](=O)[O-])cc1)C(=O)O)C1CC1. The number of carboxylic acid groups (broad SMARTS) is 1. The molecule has 0 aromatic heterocycles. The first kappa shape index (κ1) is 14.0. The first-order chi connectivity index (χ1) is 9.47. The van der Waals surface area contributed by atoms with Crippen LogP contribution in [-0.4, -0.2) is 27.9 Å². The Morgan fingerprint density at radius 2 is 1.95 bits per heavy atom. The smallest absolute Gasteiger partial charge is 0.326 e. The third-order valence-electron chi connectivity index (χ3n) is 3.15. The van der Waals surface area contributed by atoms with E-state index in [0.717, 1.165) is 12.8 Å². The van der Waals surface area contributed by atoms with Gasteiger partial charge in [-0.25, -0.2) is 4.79 Å². The van der Waals surface area contributed by atoms with Crippen LogP contribution in [0, 0.1) is 16.0 Å². The Kier molecular flexibility index (Phi) is 3.97. The molecule has 0 radical (unpaired) electrons. The fraction of sp³-hybridized carbons (Fsp3) is 0.385. The van der Waals surface area contributed by atoms with Gasteiger partial charge in [0, 0.05) is 24.5 Å². The number of carboxylic acids is 1. The molecule has 106 valence electrons. The highest BCUT2D eigenvalue weighted by Crippen LogP contribution is 2.29. The van der Waals surface area contributed by atoms with E-state index in [0.29, 0.717) is 5.56 Å². The van der Waals surface area contributed by atoms with E-state index in [1.807, 2.05) is 0 Å². The summed E-state index contributed by atoms with van der Waals surface area (Å²) in [4.78, 5) is 32.7. The third kappa shape index (κ3) is 3.53. The first-order valence-electron chi connectivity index (χ1n) is 6.24. The molecule has 20 heavy (non-hydrogen) atoms. The van der Waals surface area contributed by atoms with Gasteiger partial charge in [-0.2, -0.15) is 0 Å². The molecule has 0 aliphatic heterocycles. The molecule has 7 nitrogen and oxygen atoms in total. The molecule has 0 bridgehead atoms. The van der Waals surface area contributed by atoms with Crippen LogP contribution in [0.4, 0.5) is 5.69 Å². The van der Waals surface area contributed by atoms with E-state index >= 15 is 0 Å². The Hall–Kier alpha value is -2.44. The van der Waals surface area contributed by atoms with Crippen molar-refractivity contribution in [3.05, 3.63) is 39.9 Å². The normalized spacial score (nSPS) is 15.4. The highest BCUT2D eigenvalue weighted by molar-refractivity contribution is 5.86. The maximum Gasteiger partial charge on any atom is 0.326 e. The summed E-state index contributed by atoms with van der Waals surface area (Å²) in [5.41, 5.74) is 0.571. The average molecular weight is 278 g/mol. The molecule has 0 saturated heterocycles. The predicted molar refractivity (Wildman–Crippen MR) is 69.1 cm³/mol. The summed E-state index contributed by atoms with van der Waals surface area (Å²) in [5.74, 6) is -1.41. The molecule has 1 saturated carbocycles. The van der Waals surface area contributed by atoms with Crippen LogP contribution < -0.4 is 5.32 Å². The molecule has 0 heterocycles. The van der Waals surface area contributed by atoms with Gasteiger partial charge in [0.15, 0.2) is 0 Å². The Morgan fingerprint density at radius 1 is 1.35 bits per heavy atom. The number of non-ortho nitro benzene ring substituents is 1. The number of nitrogens with one attached hydrogen (secondary N) is 1. The van der Waals surface area contributed by atoms with Crippen molar-refractivity contribution < 1.29 is 19.6 Å². The number of amides is 1. The zero-order valence-electron chi connectivity index (χ0n) is 10.6. The Labute approximate surface area is 114 Å². The molecule has 1 atom stereocenters. The Balaban J connectivity index is 2.01. The van der Waals surface area contributed by atoms with Crippen molar-refractivity contribution in [3.63, 3.8) is 0 Å². The Bertz CT molecular complexity index is 536. The van der Waals surface area contributed by atoms with Crippen molar-refractivity contribution in [2.45, 2.75) is 25.3 Å². The van der Waals surface area contributed by atoms with Gasteiger partial charge in [-0.1, -0.05) is 12.1 Å². The van der Waals surface area contributed by atoms with Crippen molar-refractivity contribution in [1.82, 2.24) is 5.32 Å².